The molecule has 2 N–H and O–H groups in total. The first-order chi connectivity index (χ1) is 22.0. The molecule has 1 saturated heterocycles. The average molecular weight is 668 g/mol. The largest absolute Gasteiger partial charge is 0.543 e. The summed E-state index contributed by atoms with van der Waals surface area (Å²) in [6, 6.07) is 0.333. The highest BCUT2D eigenvalue weighted by atomic mass is 28.4. The van der Waals surface area contributed by atoms with Gasteiger partial charge in [-0.2, -0.15) is 0 Å². The smallest absolute Gasteiger partial charge is 0.250 e. The van der Waals surface area contributed by atoms with Crippen molar-refractivity contribution in [2.45, 2.75) is 77.3 Å². The Kier molecular flexibility index (Phi) is 9.10. The molecule has 0 spiro atoms. The van der Waals surface area contributed by atoms with Gasteiger partial charge < -0.3 is 38.7 Å². The van der Waals surface area contributed by atoms with Gasteiger partial charge in [-0.05, 0) is 62.7 Å². The van der Waals surface area contributed by atoms with Gasteiger partial charge in [0.05, 0.1) is 39.5 Å². The monoisotopic (exact) mass is 667 g/mol. The van der Waals surface area contributed by atoms with Crippen LogP contribution in [0.15, 0.2) is 11.8 Å². The summed E-state index contributed by atoms with van der Waals surface area (Å²) in [4.78, 5) is 31.3. The number of ether oxygens (including phenoxy) is 4. The number of piperazine rings is 1. The number of aryl methyl sites for hydroxylation is 1. The lowest BCUT2D eigenvalue weighted by atomic mass is 9.78. The van der Waals surface area contributed by atoms with Gasteiger partial charge in [0.15, 0.2) is 23.0 Å². The van der Waals surface area contributed by atoms with Crippen LogP contribution in [0.25, 0.3) is 6.08 Å². The van der Waals surface area contributed by atoms with E-state index in [0.29, 0.717) is 46.2 Å². The molecule has 0 radical (unpaired) electrons. The van der Waals surface area contributed by atoms with Gasteiger partial charge in [-0.15, -0.1) is 0 Å². The van der Waals surface area contributed by atoms with E-state index in [-0.39, 0.29) is 35.8 Å². The molecule has 5 rings (SSSR count). The zero-order valence-electron chi connectivity index (χ0n) is 29.7. The van der Waals surface area contributed by atoms with E-state index in [1.165, 1.54) is 7.11 Å². The number of amides is 2. The van der Waals surface area contributed by atoms with E-state index in [0.717, 1.165) is 22.3 Å². The molecule has 2 aromatic carbocycles. The number of nitrogens with one attached hydrogen (secondary N) is 1. The molecule has 256 valence electrons. The lowest BCUT2D eigenvalue weighted by molar-refractivity contribution is -0.144. The maximum atomic E-state index is 14.7. The van der Waals surface area contributed by atoms with E-state index in [2.05, 4.69) is 39.2 Å². The second-order valence-corrected chi connectivity index (χ2v) is 18.9. The molecule has 2 amide bonds. The van der Waals surface area contributed by atoms with Crippen LogP contribution in [0.4, 0.5) is 0 Å². The summed E-state index contributed by atoms with van der Waals surface area (Å²) in [5.41, 5.74) is 5.29. The molecular formula is C35H49N3O8Si. The van der Waals surface area contributed by atoms with Crippen molar-refractivity contribution in [3.05, 3.63) is 45.1 Å². The Morgan fingerprint density at radius 3 is 2.23 bits per heavy atom. The normalized spacial score (nSPS) is 20.5. The standard InChI is InChI=1S/C35H49N3O8Si/c1-18-13-20-14-23-34(41)38-22(28(37(23)6)26(20)29(40)30(18)43-8)15-21-27(24(38)16-36-25(39)17-42-7)33(45-10)32(44-9)19(2)31(21)46-47(11,12)35(3,4)5/h13,15,23-24,28,40H,14,16-17H2,1-12H3,(H,36,39)/t23-,24-,28-/m0/s1. The summed E-state index contributed by atoms with van der Waals surface area (Å²) in [7, 11) is 5.68. The third-order valence-corrected chi connectivity index (χ3v) is 14.7. The summed E-state index contributed by atoms with van der Waals surface area (Å²) < 4.78 is 29.9. The highest BCUT2D eigenvalue weighted by Gasteiger charge is 2.53. The molecule has 12 heteroatoms. The molecule has 0 aromatic heterocycles. The number of carbonyl (C=O) groups is 2. The molecular weight excluding hydrogens is 618 g/mol. The zero-order valence-corrected chi connectivity index (χ0v) is 30.7. The van der Waals surface area contributed by atoms with Crippen LogP contribution in [-0.4, -0.2) is 89.7 Å². The Morgan fingerprint density at radius 2 is 1.66 bits per heavy atom. The van der Waals surface area contributed by atoms with Gasteiger partial charge in [-0.25, -0.2) is 0 Å². The van der Waals surface area contributed by atoms with Crippen molar-refractivity contribution in [2.75, 3.05) is 48.6 Å². The Balaban J connectivity index is 1.86. The van der Waals surface area contributed by atoms with Crippen molar-refractivity contribution < 1.29 is 38.1 Å². The molecule has 0 unspecified atom stereocenters. The summed E-state index contributed by atoms with van der Waals surface area (Å²) in [5, 5.41) is 14.5. The van der Waals surface area contributed by atoms with E-state index in [4.69, 9.17) is 23.4 Å². The first-order valence-corrected chi connectivity index (χ1v) is 18.8. The second-order valence-electron chi connectivity index (χ2n) is 14.2. The number of phenols is 1. The Bertz CT molecular complexity index is 1650. The van der Waals surface area contributed by atoms with Crippen molar-refractivity contribution in [2.24, 2.45) is 0 Å². The first-order valence-electron chi connectivity index (χ1n) is 15.9. The Labute approximate surface area is 278 Å². The second kappa shape index (κ2) is 12.4. The third kappa shape index (κ3) is 5.43. The quantitative estimate of drug-likeness (QED) is 0.356. The highest BCUT2D eigenvalue weighted by Crippen LogP contribution is 2.58. The van der Waals surface area contributed by atoms with Gasteiger partial charge in [-0.1, -0.05) is 26.8 Å². The number of carbonyl (C=O) groups excluding carboxylic acids is 2. The Hall–Kier alpha value is -3.74. The molecule has 3 heterocycles. The SMILES string of the molecule is COCC(=O)NC[C@H]1c2c(c(O[Si](C)(C)C(C)(C)C)c(C)c(OC)c2OC)C=C2[C@H]3c4c(cc(C)c(OC)c4O)C[C@@H](C(=O)N21)N3C. The number of fused-ring (bicyclic) bond motifs is 7. The van der Waals surface area contributed by atoms with Crippen molar-refractivity contribution >= 4 is 26.2 Å². The van der Waals surface area contributed by atoms with Crippen LogP contribution in [0.2, 0.25) is 18.1 Å². The minimum Gasteiger partial charge on any atom is -0.543 e. The van der Waals surface area contributed by atoms with E-state index < -0.39 is 26.4 Å². The number of methoxy groups -OCH3 is 4. The van der Waals surface area contributed by atoms with Gasteiger partial charge in [-0.3, -0.25) is 14.5 Å². The molecule has 1 fully saturated rings. The topological polar surface area (TPSA) is 119 Å². The van der Waals surface area contributed by atoms with E-state index in [9.17, 15) is 14.7 Å². The number of hydrogen-bond donors (Lipinski definition) is 2. The van der Waals surface area contributed by atoms with Crippen LogP contribution in [0.5, 0.6) is 28.7 Å². The molecule has 0 aliphatic carbocycles. The summed E-state index contributed by atoms with van der Waals surface area (Å²) >= 11 is 0. The number of nitrogens with zero attached hydrogens (tertiary/aromatic N) is 2. The molecule has 2 bridgehead atoms. The molecule has 47 heavy (non-hydrogen) atoms. The number of likely N-dealkylation sites (N-methyl/N-ethyl adjacent to an activating group) is 1. The minimum absolute atomic E-state index is 0.0602. The zero-order chi connectivity index (χ0) is 34.7. The summed E-state index contributed by atoms with van der Waals surface area (Å²) in [5.74, 6) is 1.68. The van der Waals surface area contributed by atoms with Crippen LogP contribution in [0.1, 0.15) is 66.2 Å². The van der Waals surface area contributed by atoms with Crippen molar-refractivity contribution in [1.82, 2.24) is 15.1 Å². The summed E-state index contributed by atoms with van der Waals surface area (Å²) in [6.07, 6.45) is 2.41. The lowest BCUT2D eigenvalue weighted by Gasteiger charge is -2.53. The predicted octanol–water partition coefficient (Wildman–Crippen LogP) is 5.02. The van der Waals surface area contributed by atoms with E-state index in [1.807, 2.05) is 37.9 Å². The number of rotatable bonds is 9. The fraction of sp³-hybridized carbons (Fsp3) is 0.543. The lowest BCUT2D eigenvalue weighted by Crippen LogP contribution is -2.60. The molecule has 3 aliphatic rings. The highest BCUT2D eigenvalue weighted by molar-refractivity contribution is 6.74. The van der Waals surface area contributed by atoms with Crippen molar-refractivity contribution in [3.63, 3.8) is 0 Å². The number of aromatic hydroxyl groups is 1. The number of hydrogen-bond acceptors (Lipinski definition) is 9. The number of benzene rings is 2. The average Bonchev–Trinajstić information content (AvgIpc) is 2.99. The summed E-state index contributed by atoms with van der Waals surface area (Å²) in [6.45, 7) is 14.7. The van der Waals surface area contributed by atoms with E-state index >= 15 is 0 Å². The van der Waals surface area contributed by atoms with Crippen LogP contribution in [0.3, 0.4) is 0 Å². The maximum absolute atomic E-state index is 14.7. The first kappa shape index (κ1) is 34.6. The van der Waals surface area contributed by atoms with Crippen LogP contribution in [-0.2, 0) is 20.7 Å². The van der Waals surface area contributed by atoms with Gasteiger partial charge in [0.1, 0.15) is 12.4 Å². The third-order valence-electron chi connectivity index (χ3n) is 10.4. The molecule has 3 aliphatic heterocycles. The van der Waals surface area contributed by atoms with E-state index in [1.54, 1.807) is 26.2 Å². The van der Waals surface area contributed by atoms with Gasteiger partial charge in [0, 0.05) is 41.6 Å². The fourth-order valence-electron chi connectivity index (χ4n) is 7.02. The molecule has 0 saturated carbocycles. The molecule has 11 nitrogen and oxygen atoms in total. The maximum Gasteiger partial charge on any atom is 0.250 e. The Morgan fingerprint density at radius 1 is 1.02 bits per heavy atom. The van der Waals surface area contributed by atoms with Gasteiger partial charge in [0.25, 0.3) is 8.32 Å². The van der Waals surface area contributed by atoms with Gasteiger partial charge >= 0.3 is 0 Å². The van der Waals surface area contributed by atoms with Gasteiger partial charge in [0.2, 0.25) is 11.8 Å². The van der Waals surface area contributed by atoms with Crippen LogP contribution in [0, 0.1) is 13.8 Å². The van der Waals surface area contributed by atoms with Crippen LogP contribution >= 0.6 is 0 Å². The van der Waals surface area contributed by atoms with Crippen LogP contribution < -0.4 is 24.0 Å². The van der Waals surface area contributed by atoms with Crippen molar-refractivity contribution in [1.29, 1.82) is 0 Å². The molecule has 2 aromatic rings. The predicted molar refractivity (Wildman–Crippen MR) is 182 cm³/mol. The molecule has 3 atom stereocenters. The minimum atomic E-state index is -2.41. The fourth-order valence-corrected chi connectivity index (χ4v) is 8.10. The van der Waals surface area contributed by atoms with Crippen molar-refractivity contribution in [3.8, 4) is 28.7 Å². The number of phenolic OH excluding ortho intramolecular Hbond substituents is 1.